The number of nitrogens with zero attached hydrogens (tertiary/aromatic N) is 1. The Morgan fingerprint density at radius 3 is 2.92 bits per heavy atom. The summed E-state index contributed by atoms with van der Waals surface area (Å²) in [5, 5.41) is 6.22. The lowest BCUT2D eigenvalue weighted by Gasteiger charge is -2.20. The SMILES string of the molecule is Fc1ccc2c(c1)c1c(c3[nH]c(SCC4CCCCC4)nc32)C=CNC1. The molecule has 134 valence electrons. The van der Waals surface area contributed by atoms with Gasteiger partial charge in [0, 0.05) is 23.2 Å². The van der Waals surface area contributed by atoms with E-state index in [0.717, 1.165) is 49.8 Å². The van der Waals surface area contributed by atoms with Crippen LogP contribution in [0.2, 0.25) is 0 Å². The normalized spacial score (nSPS) is 17.6. The highest BCUT2D eigenvalue weighted by Gasteiger charge is 2.19. The lowest BCUT2D eigenvalue weighted by atomic mass is 9.91. The van der Waals surface area contributed by atoms with Gasteiger partial charge in [-0.2, -0.15) is 0 Å². The van der Waals surface area contributed by atoms with Gasteiger partial charge in [0.1, 0.15) is 5.82 Å². The van der Waals surface area contributed by atoms with Crippen LogP contribution < -0.4 is 5.32 Å². The number of nitrogens with one attached hydrogen (secondary N) is 2. The molecule has 0 saturated heterocycles. The predicted molar refractivity (Wildman–Crippen MR) is 107 cm³/mol. The van der Waals surface area contributed by atoms with Crippen molar-refractivity contribution >= 4 is 39.6 Å². The van der Waals surface area contributed by atoms with Gasteiger partial charge < -0.3 is 10.3 Å². The highest BCUT2D eigenvalue weighted by molar-refractivity contribution is 7.99. The van der Waals surface area contributed by atoms with Gasteiger partial charge in [-0.25, -0.2) is 9.37 Å². The van der Waals surface area contributed by atoms with Gasteiger partial charge in [-0.05, 0) is 60.2 Å². The summed E-state index contributed by atoms with van der Waals surface area (Å²) in [6.07, 6.45) is 10.8. The predicted octanol–water partition coefficient (Wildman–Crippen LogP) is 5.60. The Balaban J connectivity index is 1.58. The molecular formula is C21H22FN3S. The molecule has 0 unspecified atom stereocenters. The van der Waals surface area contributed by atoms with Crippen molar-refractivity contribution in [2.75, 3.05) is 5.75 Å². The van der Waals surface area contributed by atoms with Gasteiger partial charge in [0.05, 0.1) is 11.0 Å². The van der Waals surface area contributed by atoms with E-state index in [1.165, 1.54) is 38.2 Å². The molecule has 2 heterocycles. The summed E-state index contributed by atoms with van der Waals surface area (Å²) < 4.78 is 13.9. The van der Waals surface area contributed by atoms with Crippen molar-refractivity contribution < 1.29 is 4.39 Å². The second-order valence-corrected chi connectivity index (χ2v) is 8.39. The van der Waals surface area contributed by atoms with Gasteiger partial charge in [0.2, 0.25) is 0 Å². The topological polar surface area (TPSA) is 40.7 Å². The molecule has 1 fully saturated rings. The average Bonchev–Trinajstić information content (AvgIpc) is 3.12. The van der Waals surface area contributed by atoms with E-state index in [2.05, 4.69) is 16.4 Å². The minimum absolute atomic E-state index is 0.198. The lowest BCUT2D eigenvalue weighted by Crippen LogP contribution is -2.11. The van der Waals surface area contributed by atoms with Crippen LogP contribution in [0.1, 0.15) is 43.2 Å². The molecule has 3 nitrogen and oxygen atoms in total. The number of thioether (sulfide) groups is 1. The number of rotatable bonds is 3. The van der Waals surface area contributed by atoms with Crippen molar-refractivity contribution in [1.82, 2.24) is 15.3 Å². The highest BCUT2D eigenvalue weighted by Crippen LogP contribution is 2.36. The Morgan fingerprint density at radius 2 is 2.04 bits per heavy atom. The van der Waals surface area contributed by atoms with Crippen molar-refractivity contribution in [3.63, 3.8) is 0 Å². The van der Waals surface area contributed by atoms with E-state index < -0.39 is 0 Å². The molecule has 5 rings (SSSR count). The molecule has 1 aliphatic carbocycles. The zero-order valence-corrected chi connectivity index (χ0v) is 15.5. The van der Waals surface area contributed by atoms with Gasteiger partial charge in [0.15, 0.2) is 5.16 Å². The summed E-state index contributed by atoms with van der Waals surface area (Å²) in [6, 6.07) is 5.03. The fraction of sp³-hybridized carbons (Fsp3) is 0.381. The first-order valence-corrected chi connectivity index (χ1v) is 10.4. The monoisotopic (exact) mass is 367 g/mol. The molecule has 1 aromatic heterocycles. The molecule has 2 aliphatic rings. The summed E-state index contributed by atoms with van der Waals surface area (Å²) >= 11 is 1.83. The molecule has 2 aromatic carbocycles. The molecular weight excluding hydrogens is 345 g/mol. The molecule has 0 amide bonds. The third-order valence-corrected chi connectivity index (χ3v) is 6.77. The highest BCUT2D eigenvalue weighted by atomic mass is 32.2. The second-order valence-electron chi connectivity index (χ2n) is 7.38. The number of fused-ring (bicyclic) bond motifs is 6. The zero-order valence-electron chi connectivity index (χ0n) is 14.6. The molecule has 5 heteroatoms. The van der Waals surface area contributed by atoms with Crippen molar-refractivity contribution in [3.8, 4) is 0 Å². The summed E-state index contributed by atoms with van der Waals surface area (Å²) in [5.41, 5.74) is 4.30. The van der Waals surface area contributed by atoms with E-state index in [1.54, 1.807) is 6.07 Å². The zero-order chi connectivity index (χ0) is 17.5. The molecule has 1 aliphatic heterocycles. The Labute approximate surface area is 156 Å². The number of hydrogen-bond acceptors (Lipinski definition) is 3. The molecule has 0 bridgehead atoms. The third-order valence-electron chi connectivity index (χ3n) is 5.67. The van der Waals surface area contributed by atoms with E-state index in [0.29, 0.717) is 6.54 Å². The first-order valence-electron chi connectivity index (χ1n) is 9.46. The number of hydrogen-bond donors (Lipinski definition) is 2. The van der Waals surface area contributed by atoms with E-state index in [4.69, 9.17) is 4.98 Å². The molecule has 1 saturated carbocycles. The van der Waals surface area contributed by atoms with Gasteiger partial charge in [0.25, 0.3) is 0 Å². The summed E-state index contributed by atoms with van der Waals surface area (Å²) in [7, 11) is 0. The van der Waals surface area contributed by atoms with Crippen LogP contribution in [-0.4, -0.2) is 15.7 Å². The fourth-order valence-corrected chi connectivity index (χ4v) is 5.36. The Kier molecular flexibility index (Phi) is 4.12. The minimum Gasteiger partial charge on any atom is -0.387 e. The van der Waals surface area contributed by atoms with E-state index in [-0.39, 0.29) is 5.82 Å². The maximum absolute atomic E-state index is 13.9. The Bertz CT molecular complexity index is 1000. The molecule has 0 spiro atoms. The van der Waals surface area contributed by atoms with Gasteiger partial charge in [-0.3, -0.25) is 0 Å². The largest absolute Gasteiger partial charge is 0.387 e. The second kappa shape index (κ2) is 6.62. The smallest absolute Gasteiger partial charge is 0.166 e. The molecule has 0 radical (unpaired) electrons. The van der Waals surface area contributed by atoms with Crippen LogP contribution in [-0.2, 0) is 6.54 Å². The number of benzene rings is 2. The van der Waals surface area contributed by atoms with Crippen molar-refractivity contribution in [2.45, 2.75) is 43.8 Å². The van der Waals surface area contributed by atoms with E-state index >= 15 is 0 Å². The number of halogens is 1. The van der Waals surface area contributed by atoms with Gasteiger partial charge in [-0.15, -0.1) is 0 Å². The van der Waals surface area contributed by atoms with Crippen LogP contribution in [0, 0.1) is 11.7 Å². The van der Waals surface area contributed by atoms with Gasteiger partial charge >= 0.3 is 0 Å². The Hall–Kier alpha value is -2.01. The first-order chi connectivity index (χ1) is 12.8. The maximum Gasteiger partial charge on any atom is 0.166 e. The fourth-order valence-electron chi connectivity index (χ4n) is 4.31. The van der Waals surface area contributed by atoms with Crippen molar-refractivity contribution in [2.24, 2.45) is 5.92 Å². The summed E-state index contributed by atoms with van der Waals surface area (Å²) in [6.45, 7) is 0.714. The van der Waals surface area contributed by atoms with Crippen LogP contribution in [0.4, 0.5) is 4.39 Å². The standard InChI is InChI=1S/C21H22FN3S/c22-14-6-7-15-17(10-14)18-11-23-9-8-16(18)20-19(15)24-21(25-20)26-12-13-4-2-1-3-5-13/h6-10,13,23H,1-5,11-12H2,(H,24,25). The summed E-state index contributed by atoms with van der Waals surface area (Å²) in [4.78, 5) is 8.44. The van der Waals surface area contributed by atoms with Crippen LogP contribution in [0.15, 0.2) is 29.6 Å². The van der Waals surface area contributed by atoms with Crippen LogP contribution in [0.25, 0.3) is 27.9 Å². The quantitative estimate of drug-likeness (QED) is 0.592. The van der Waals surface area contributed by atoms with Crippen LogP contribution >= 0.6 is 11.8 Å². The minimum atomic E-state index is -0.198. The van der Waals surface area contributed by atoms with Gasteiger partial charge in [-0.1, -0.05) is 31.0 Å². The molecule has 3 aromatic rings. The van der Waals surface area contributed by atoms with Crippen LogP contribution in [0.3, 0.4) is 0 Å². The number of imidazole rings is 1. The molecule has 2 N–H and O–H groups in total. The lowest BCUT2D eigenvalue weighted by molar-refractivity contribution is 0.391. The number of H-pyrrole nitrogens is 1. The number of aromatic nitrogens is 2. The number of aromatic amines is 1. The van der Waals surface area contributed by atoms with Crippen molar-refractivity contribution in [3.05, 3.63) is 41.3 Å². The third kappa shape index (κ3) is 2.78. The van der Waals surface area contributed by atoms with Crippen molar-refractivity contribution in [1.29, 1.82) is 0 Å². The van der Waals surface area contributed by atoms with E-state index in [1.807, 2.05) is 24.0 Å². The maximum atomic E-state index is 13.9. The van der Waals surface area contributed by atoms with E-state index in [9.17, 15) is 4.39 Å². The molecule has 0 atom stereocenters. The molecule has 26 heavy (non-hydrogen) atoms. The summed E-state index contributed by atoms with van der Waals surface area (Å²) in [5.74, 6) is 1.74. The Morgan fingerprint density at radius 1 is 1.15 bits per heavy atom. The average molecular weight is 367 g/mol. The first kappa shape index (κ1) is 16.2. The van der Waals surface area contributed by atoms with Crippen LogP contribution in [0.5, 0.6) is 0 Å².